The summed E-state index contributed by atoms with van der Waals surface area (Å²) >= 11 is 0. The van der Waals surface area contributed by atoms with Crippen molar-refractivity contribution in [3.05, 3.63) is 0 Å². The average Bonchev–Trinajstić information content (AvgIpc) is 2.45. The van der Waals surface area contributed by atoms with Gasteiger partial charge in [-0.05, 0) is 44.4 Å². The van der Waals surface area contributed by atoms with Crippen molar-refractivity contribution in [2.24, 2.45) is 5.92 Å². The molecular formula is C16H31NO2. The molecule has 0 radical (unpaired) electrons. The lowest BCUT2D eigenvalue weighted by atomic mass is 9.86. The lowest BCUT2D eigenvalue weighted by Gasteiger charge is -2.31. The first-order chi connectivity index (χ1) is 9.29. The molecule has 0 aromatic rings. The lowest BCUT2D eigenvalue weighted by Crippen LogP contribution is -2.39. The van der Waals surface area contributed by atoms with Crippen LogP contribution in [0.4, 0.5) is 0 Å². The molecule has 0 aliphatic heterocycles. The molecule has 1 N–H and O–H groups in total. The minimum atomic E-state index is 0.421. The molecule has 4 atom stereocenters. The van der Waals surface area contributed by atoms with Crippen molar-refractivity contribution < 1.29 is 9.47 Å². The van der Waals surface area contributed by atoms with Crippen LogP contribution in [0.2, 0.25) is 0 Å². The third kappa shape index (κ3) is 5.05. The van der Waals surface area contributed by atoms with Crippen LogP contribution in [0.15, 0.2) is 0 Å². The van der Waals surface area contributed by atoms with Crippen LogP contribution in [0, 0.1) is 5.92 Å². The maximum atomic E-state index is 6.00. The summed E-state index contributed by atoms with van der Waals surface area (Å²) in [7, 11) is 1.82. The smallest absolute Gasteiger partial charge is 0.0600 e. The minimum absolute atomic E-state index is 0.421. The Morgan fingerprint density at radius 1 is 1.00 bits per heavy atom. The molecule has 4 unspecified atom stereocenters. The van der Waals surface area contributed by atoms with Crippen LogP contribution in [0.25, 0.3) is 0 Å². The second-order valence-corrected chi connectivity index (χ2v) is 6.34. The quantitative estimate of drug-likeness (QED) is 0.752. The van der Waals surface area contributed by atoms with Crippen molar-refractivity contribution in [3.63, 3.8) is 0 Å². The molecule has 0 saturated heterocycles. The Morgan fingerprint density at radius 3 is 2.58 bits per heavy atom. The van der Waals surface area contributed by atoms with Crippen LogP contribution in [0.3, 0.4) is 0 Å². The van der Waals surface area contributed by atoms with Gasteiger partial charge in [-0.15, -0.1) is 0 Å². The summed E-state index contributed by atoms with van der Waals surface area (Å²) in [5, 5.41) is 3.68. The van der Waals surface area contributed by atoms with E-state index in [0.717, 1.165) is 31.5 Å². The van der Waals surface area contributed by atoms with Crippen molar-refractivity contribution >= 4 is 0 Å². The molecule has 0 aromatic carbocycles. The SMILES string of the molecule is COC1CCCC(OCCNC2CCCCC2C)C1. The first-order valence-electron chi connectivity index (χ1n) is 8.17. The third-order valence-electron chi connectivity index (χ3n) is 4.88. The van der Waals surface area contributed by atoms with E-state index in [1.54, 1.807) is 0 Å². The Labute approximate surface area is 118 Å². The van der Waals surface area contributed by atoms with Crippen molar-refractivity contribution in [2.45, 2.75) is 76.5 Å². The molecule has 3 heteroatoms. The normalized spacial score (nSPS) is 36.3. The van der Waals surface area contributed by atoms with Gasteiger partial charge in [-0.25, -0.2) is 0 Å². The lowest BCUT2D eigenvalue weighted by molar-refractivity contribution is -0.0290. The molecule has 2 aliphatic rings. The highest BCUT2D eigenvalue weighted by Crippen LogP contribution is 2.24. The highest BCUT2D eigenvalue weighted by molar-refractivity contribution is 4.78. The Bertz CT molecular complexity index is 247. The van der Waals surface area contributed by atoms with Crippen molar-refractivity contribution in [2.75, 3.05) is 20.3 Å². The van der Waals surface area contributed by atoms with E-state index >= 15 is 0 Å². The van der Waals surface area contributed by atoms with Gasteiger partial charge in [-0.3, -0.25) is 0 Å². The molecule has 0 spiro atoms. The zero-order valence-corrected chi connectivity index (χ0v) is 12.7. The van der Waals surface area contributed by atoms with Gasteiger partial charge in [0.2, 0.25) is 0 Å². The van der Waals surface area contributed by atoms with Crippen LogP contribution in [0.5, 0.6) is 0 Å². The fourth-order valence-corrected chi connectivity index (χ4v) is 3.56. The van der Waals surface area contributed by atoms with Gasteiger partial charge in [0.1, 0.15) is 0 Å². The Kier molecular flexibility index (Phi) is 6.62. The van der Waals surface area contributed by atoms with Gasteiger partial charge in [0.25, 0.3) is 0 Å². The highest BCUT2D eigenvalue weighted by atomic mass is 16.5. The van der Waals surface area contributed by atoms with Crippen molar-refractivity contribution in [1.82, 2.24) is 5.32 Å². The summed E-state index contributed by atoms with van der Waals surface area (Å²) in [6.45, 7) is 4.23. The standard InChI is InChI=1S/C16H31NO2/c1-13-6-3-4-9-16(13)17-10-11-19-15-8-5-7-14(12-15)18-2/h13-17H,3-12H2,1-2H3. The molecule has 2 rings (SSSR count). The second kappa shape index (κ2) is 8.23. The van der Waals surface area contributed by atoms with E-state index < -0.39 is 0 Å². The molecule has 0 aromatic heterocycles. The van der Waals surface area contributed by atoms with E-state index in [9.17, 15) is 0 Å². The first-order valence-corrected chi connectivity index (χ1v) is 8.17. The summed E-state index contributed by atoms with van der Waals surface area (Å²) in [6.07, 6.45) is 11.1. The van der Waals surface area contributed by atoms with Crippen LogP contribution in [0.1, 0.15) is 58.3 Å². The zero-order chi connectivity index (χ0) is 13.5. The van der Waals surface area contributed by atoms with Crippen LogP contribution >= 0.6 is 0 Å². The molecule has 0 bridgehead atoms. The maximum Gasteiger partial charge on any atom is 0.0600 e. The maximum absolute atomic E-state index is 6.00. The van der Waals surface area contributed by atoms with Gasteiger partial charge in [0.05, 0.1) is 18.8 Å². The summed E-state index contributed by atoms with van der Waals surface area (Å²) < 4.78 is 11.4. The molecule has 0 heterocycles. The van der Waals surface area contributed by atoms with Crippen molar-refractivity contribution in [3.8, 4) is 0 Å². The van der Waals surface area contributed by atoms with Gasteiger partial charge in [-0.1, -0.05) is 19.8 Å². The fourth-order valence-electron chi connectivity index (χ4n) is 3.56. The van der Waals surface area contributed by atoms with Crippen molar-refractivity contribution in [1.29, 1.82) is 0 Å². The van der Waals surface area contributed by atoms with E-state index in [2.05, 4.69) is 12.2 Å². The molecular weight excluding hydrogens is 238 g/mol. The predicted octanol–water partition coefficient (Wildman–Crippen LogP) is 3.13. The zero-order valence-electron chi connectivity index (χ0n) is 12.7. The molecule has 2 fully saturated rings. The molecule has 2 saturated carbocycles. The van der Waals surface area contributed by atoms with Gasteiger partial charge in [0.15, 0.2) is 0 Å². The van der Waals surface area contributed by atoms with E-state index in [1.165, 1.54) is 44.9 Å². The number of hydrogen-bond donors (Lipinski definition) is 1. The number of nitrogens with one attached hydrogen (secondary N) is 1. The first kappa shape index (κ1) is 15.3. The third-order valence-corrected chi connectivity index (χ3v) is 4.88. The number of hydrogen-bond acceptors (Lipinski definition) is 3. The highest BCUT2D eigenvalue weighted by Gasteiger charge is 2.23. The second-order valence-electron chi connectivity index (χ2n) is 6.34. The van der Waals surface area contributed by atoms with E-state index in [4.69, 9.17) is 9.47 Å². The Hall–Kier alpha value is -0.120. The number of methoxy groups -OCH3 is 1. The largest absolute Gasteiger partial charge is 0.381 e. The summed E-state index contributed by atoms with van der Waals surface area (Å²) in [4.78, 5) is 0. The molecule has 112 valence electrons. The van der Waals surface area contributed by atoms with Crippen LogP contribution in [-0.2, 0) is 9.47 Å². The van der Waals surface area contributed by atoms with E-state index in [0.29, 0.717) is 12.2 Å². The van der Waals surface area contributed by atoms with Gasteiger partial charge >= 0.3 is 0 Å². The van der Waals surface area contributed by atoms with E-state index in [1.807, 2.05) is 7.11 Å². The minimum Gasteiger partial charge on any atom is -0.381 e. The Morgan fingerprint density at radius 2 is 1.79 bits per heavy atom. The monoisotopic (exact) mass is 269 g/mol. The predicted molar refractivity (Wildman–Crippen MR) is 78.4 cm³/mol. The molecule has 2 aliphatic carbocycles. The van der Waals surface area contributed by atoms with Crippen LogP contribution < -0.4 is 5.32 Å². The van der Waals surface area contributed by atoms with Gasteiger partial charge in [0, 0.05) is 19.7 Å². The molecule has 0 amide bonds. The van der Waals surface area contributed by atoms with E-state index in [-0.39, 0.29) is 0 Å². The molecule has 3 nitrogen and oxygen atoms in total. The number of rotatable bonds is 6. The van der Waals surface area contributed by atoms with Gasteiger partial charge in [-0.2, -0.15) is 0 Å². The average molecular weight is 269 g/mol. The fraction of sp³-hybridized carbons (Fsp3) is 1.00. The summed E-state index contributed by atoms with van der Waals surface area (Å²) in [5.41, 5.74) is 0. The molecule has 19 heavy (non-hydrogen) atoms. The van der Waals surface area contributed by atoms with Crippen LogP contribution in [-0.4, -0.2) is 38.5 Å². The topological polar surface area (TPSA) is 30.5 Å². The summed E-state index contributed by atoms with van der Waals surface area (Å²) in [6, 6.07) is 0.718. The summed E-state index contributed by atoms with van der Waals surface area (Å²) in [5.74, 6) is 0.835. The Balaban J connectivity index is 1.56. The van der Waals surface area contributed by atoms with Gasteiger partial charge < -0.3 is 14.8 Å². The number of ether oxygens (including phenoxy) is 2.